The minimum absolute atomic E-state index is 0.0629. The van der Waals surface area contributed by atoms with Crippen LogP contribution in [0.1, 0.15) is 45.4 Å². The van der Waals surface area contributed by atoms with E-state index >= 15 is 0 Å². The Bertz CT molecular complexity index is 1520. The summed E-state index contributed by atoms with van der Waals surface area (Å²) in [7, 11) is 3.44. The second-order valence-electron chi connectivity index (χ2n) is 8.96. The fraction of sp³-hybridized carbons (Fsp3) is 0.241. The van der Waals surface area contributed by atoms with E-state index in [4.69, 9.17) is 27.1 Å². The maximum Gasteiger partial charge on any atom is 0.336 e. The van der Waals surface area contributed by atoms with Crippen LogP contribution in [0.5, 0.6) is 5.75 Å². The van der Waals surface area contributed by atoms with Crippen LogP contribution < -0.4 is 15.8 Å². The Morgan fingerprint density at radius 3 is 2.56 bits per heavy atom. The molecule has 0 saturated carbocycles. The van der Waals surface area contributed by atoms with Crippen LogP contribution in [0, 0.1) is 0 Å². The van der Waals surface area contributed by atoms with Crippen molar-refractivity contribution >= 4 is 40.3 Å². The number of aromatic carboxylic acids is 1. The fourth-order valence-electron chi connectivity index (χ4n) is 4.47. The van der Waals surface area contributed by atoms with E-state index in [2.05, 4.69) is 10.3 Å². The number of nitrogens with one attached hydrogen (secondary N) is 1. The summed E-state index contributed by atoms with van der Waals surface area (Å²) in [6, 6.07) is 19.3. The number of amidine groups is 1. The zero-order valence-electron chi connectivity index (χ0n) is 21.7. The summed E-state index contributed by atoms with van der Waals surface area (Å²) in [6.45, 7) is 0.421. The highest BCUT2D eigenvalue weighted by Crippen LogP contribution is 2.29. The van der Waals surface area contributed by atoms with E-state index in [1.165, 1.54) is 6.07 Å². The smallest absolute Gasteiger partial charge is 0.336 e. The van der Waals surface area contributed by atoms with Gasteiger partial charge in [-0.2, -0.15) is 0 Å². The second-order valence-corrected chi connectivity index (χ2v) is 9.23. The molecule has 1 amide bonds. The average molecular weight is 548 g/mol. The number of nitrogens with zero attached hydrogens (tertiary/aromatic N) is 3. The maximum absolute atomic E-state index is 13.5. The number of halogens is 1. The standard InChI is InChI=1S/C29H30ClN5O4/c1-35-23-11-6-12-24(39-2)26(23)34-27(35)22(10-7-15-32-25(31)17-30)33-28(36)20-14-13-19(16-21(20)29(37)38)18-8-4-3-5-9-18/h3-6,8-9,11-14,16,22H,7,10,15,17H2,1-2H3,(H2,31,32)(H,33,36)(H,37,38)/t22-/m0/s1. The van der Waals surface area contributed by atoms with E-state index in [1.807, 2.05) is 60.1 Å². The van der Waals surface area contributed by atoms with Crippen LogP contribution in [0.25, 0.3) is 22.2 Å². The third-order valence-electron chi connectivity index (χ3n) is 6.45. The van der Waals surface area contributed by atoms with Gasteiger partial charge in [-0.3, -0.25) is 9.79 Å². The molecule has 9 nitrogen and oxygen atoms in total. The number of hydrogen-bond donors (Lipinski definition) is 3. The molecule has 0 unspecified atom stereocenters. The third kappa shape index (κ3) is 6.21. The normalized spacial score (nSPS) is 12.3. The van der Waals surface area contributed by atoms with Gasteiger partial charge < -0.3 is 25.5 Å². The SMILES string of the molecule is COc1cccc2c1nc([C@H](CCCN=C(N)CCl)NC(=O)c1ccc(-c3ccccc3)cc1C(=O)O)n2C. The van der Waals surface area contributed by atoms with Crippen LogP contribution in [0.2, 0.25) is 0 Å². The number of carboxylic acids is 1. The second kappa shape index (κ2) is 12.4. The van der Waals surface area contributed by atoms with Crippen LogP contribution >= 0.6 is 11.6 Å². The van der Waals surface area contributed by atoms with Crippen LogP contribution in [0.4, 0.5) is 0 Å². The third-order valence-corrected chi connectivity index (χ3v) is 6.72. The van der Waals surface area contributed by atoms with Crippen LogP contribution in [0.15, 0.2) is 71.7 Å². The molecule has 0 aliphatic heterocycles. The summed E-state index contributed by atoms with van der Waals surface area (Å²) < 4.78 is 7.38. The molecule has 10 heteroatoms. The van der Waals surface area contributed by atoms with Gasteiger partial charge in [0, 0.05) is 13.6 Å². The predicted octanol–water partition coefficient (Wildman–Crippen LogP) is 4.79. The number of imidazole rings is 1. The number of hydrogen-bond acceptors (Lipinski definition) is 5. The summed E-state index contributed by atoms with van der Waals surface area (Å²) in [5.74, 6) is 0.00208. The molecule has 4 aromatic rings. The van der Waals surface area contributed by atoms with E-state index < -0.39 is 17.9 Å². The lowest BCUT2D eigenvalue weighted by Crippen LogP contribution is -2.31. The van der Waals surface area contributed by atoms with Crippen LogP contribution in [-0.4, -0.2) is 51.9 Å². The molecule has 0 radical (unpaired) electrons. The number of carbonyl (C=O) groups excluding carboxylic acids is 1. The summed E-state index contributed by atoms with van der Waals surface area (Å²) >= 11 is 5.73. The van der Waals surface area contributed by atoms with Crippen LogP contribution in [0.3, 0.4) is 0 Å². The number of aromatic nitrogens is 2. The molecule has 0 fully saturated rings. The van der Waals surface area contributed by atoms with E-state index in [9.17, 15) is 14.7 Å². The predicted molar refractivity (Wildman–Crippen MR) is 153 cm³/mol. The Morgan fingerprint density at radius 2 is 1.87 bits per heavy atom. The number of para-hydroxylation sites is 1. The van der Waals surface area contributed by atoms with E-state index in [0.717, 1.165) is 11.1 Å². The fourth-order valence-corrected chi connectivity index (χ4v) is 4.56. The van der Waals surface area contributed by atoms with Crippen molar-refractivity contribution < 1.29 is 19.4 Å². The molecule has 202 valence electrons. The van der Waals surface area contributed by atoms with E-state index in [-0.39, 0.29) is 17.0 Å². The highest BCUT2D eigenvalue weighted by molar-refractivity contribution is 6.27. The summed E-state index contributed by atoms with van der Waals surface area (Å²) in [5, 5.41) is 12.9. The van der Waals surface area contributed by atoms with Gasteiger partial charge in [-0.1, -0.05) is 42.5 Å². The Labute approximate surface area is 231 Å². The number of amides is 1. The lowest BCUT2D eigenvalue weighted by molar-refractivity contribution is 0.0690. The number of nitrogens with two attached hydrogens (primary N) is 1. The minimum atomic E-state index is -1.19. The highest BCUT2D eigenvalue weighted by atomic mass is 35.5. The van der Waals surface area contributed by atoms with Crippen molar-refractivity contribution in [3.63, 3.8) is 0 Å². The first kappa shape index (κ1) is 27.7. The number of carbonyl (C=O) groups is 2. The molecule has 39 heavy (non-hydrogen) atoms. The first-order valence-electron chi connectivity index (χ1n) is 12.4. The summed E-state index contributed by atoms with van der Waals surface area (Å²) in [6.07, 6.45) is 1.07. The van der Waals surface area contributed by atoms with Gasteiger partial charge in [-0.25, -0.2) is 9.78 Å². The molecule has 4 N–H and O–H groups in total. The zero-order chi connectivity index (χ0) is 27.9. The number of methoxy groups -OCH3 is 1. The molecule has 1 heterocycles. The Morgan fingerprint density at radius 1 is 1.10 bits per heavy atom. The molecule has 0 aliphatic carbocycles. The van der Waals surface area contributed by atoms with Crippen LogP contribution in [-0.2, 0) is 7.05 Å². The lowest BCUT2D eigenvalue weighted by Gasteiger charge is -2.19. The molecule has 0 spiro atoms. The van der Waals surface area contributed by atoms with Crippen molar-refractivity contribution in [1.29, 1.82) is 0 Å². The Hall–Kier alpha value is -4.37. The number of fused-ring (bicyclic) bond motifs is 1. The van der Waals surface area contributed by atoms with Crippen molar-refractivity contribution in [2.24, 2.45) is 17.8 Å². The number of ether oxygens (including phenoxy) is 1. The molecule has 0 bridgehead atoms. The van der Waals surface area contributed by atoms with Gasteiger partial charge in [0.1, 0.15) is 22.9 Å². The highest BCUT2D eigenvalue weighted by Gasteiger charge is 2.25. The Balaban J connectivity index is 1.68. The first-order chi connectivity index (χ1) is 18.8. The van der Waals surface area contributed by atoms with E-state index in [0.29, 0.717) is 47.9 Å². The van der Waals surface area contributed by atoms with Gasteiger partial charge in [0.25, 0.3) is 5.91 Å². The number of alkyl halides is 1. The lowest BCUT2D eigenvalue weighted by atomic mass is 9.98. The molecule has 1 aromatic heterocycles. The van der Waals surface area contributed by atoms with Crippen molar-refractivity contribution in [3.05, 3.63) is 83.7 Å². The first-order valence-corrected chi connectivity index (χ1v) is 12.9. The van der Waals surface area contributed by atoms with Crippen molar-refractivity contribution in [2.75, 3.05) is 19.5 Å². The van der Waals surface area contributed by atoms with Gasteiger partial charge in [0.15, 0.2) is 0 Å². The molecular formula is C29H30ClN5O4. The number of rotatable bonds is 11. The van der Waals surface area contributed by atoms with Gasteiger partial charge in [0.05, 0.1) is 35.7 Å². The van der Waals surface area contributed by atoms with Crippen molar-refractivity contribution in [3.8, 4) is 16.9 Å². The maximum atomic E-state index is 13.5. The number of aliphatic imine (C=N–C) groups is 1. The monoisotopic (exact) mass is 547 g/mol. The largest absolute Gasteiger partial charge is 0.494 e. The van der Waals surface area contributed by atoms with Crippen molar-refractivity contribution in [1.82, 2.24) is 14.9 Å². The summed E-state index contributed by atoms with van der Waals surface area (Å²) in [5.41, 5.74) is 8.77. The average Bonchev–Trinajstić information content (AvgIpc) is 3.30. The van der Waals surface area contributed by atoms with Gasteiger partial charge >= 0.3 is 5.97 Å². The molecule has 3 aromatic carbocycles. The van der Waals surface area contributed by atoms with Crippen molar-refractivity contribution in [2.45, 2.75) is 18.9 Å². The zero-order valence-corrected chi connectivity index (χ0v) is 22.5. The molecule has 0 saturated heterocycles. The topological polar surface area (TPSA) is 132 Å². The van der Waals surface area contributed by atoms with Gasteiger partial charge in [0.2, 0.25) is 0 Å². The Kier molecular flexibility index (Phi) is 8.83. The number of aryl methyl sites for hydroxylation is 1. The summed E-state index contributed by atoms with van der Waals surface area (Å²) in [4.78, 5) is 34.7. The molecule has 4 rings (SSSR count). The van der Waals surface area contributed by atoms with E-state index in [1.54, 1.807) is 19.2 Å². The number of carboxylic acid groups (broad SMARTS) is 1. The number of benzene rings is 3. The minimum Gasteiger partial charge on any atom is -0.494 e. The quantitative estimate of drug-likeness (QED) is 0.107. The van der Waals surface area contributed by atoms with Gasteiger partial charge in [-0.15, -0.1) is 11.6 Å². The van der Waals surface area contributed by atoms with Gasteiger partial charge in [-0.05, 0) is 48.2 Å². The molecule has 1 atom stereocenters. The molecular weight excluding hydrogens is 518 g/mol. The molecule has 0 aliphatic rings.